The van der Waals surface area contributed by atoms with Crippen LogP contribution in [0.15, 0.2) is 18.2 Å². The maximum atomic E-state index is 13.2. The van der Waals surface area contributed by atoms with Gasteiger partial charge in [0.15, 0.2) is 0 Å². The lowest BCUT2D eigenvalue weighted by atomic mass is 9.90. The summed E-state index contributed by atoms with van der Waals surface area (Å²) in [6.07, 6.45) is 1.34. The molecule has 1 aromatic carbocycles. The third-order valence-electron chi connectivity index (χ3n) is 4.70. The quantitative estimate of drug-likeness (QED) is 0.903. The predicted molar refractivity (Wildman–Crippen MR) is 77.9 cm³/mol. The van der Waals surface area contributed by atoms with Gasteiger partial charge in [0.2, 0.25) is 5.91 Å². The number of piperidine rings is 1. The topological polar surface area (TPSA) is 55.6 Å². The number of benzene rings is 1. The summed E-state index contributed by atoms with van der Waals surface area (Å²) >= 11 is 0. The summed E-state index contributed by atoms with van der Waals surface area (Å²) in [5, 5.41) is 0. The molecule has 1 aliphatic carbocycles. The molecule has 2 aliphatic rings. The van der Waals surface area contributed by atoms with Crippen molar-refractivity contribution in [2.45, 2.75) is 37.4 Å². The molecule has 1 heterocycles. The number of methoxy groups -OCH3 is 1. The van der Waals surface area contributed by atoms with Crippen LogP contribution in [0.4, 0.5) is 4.39 Å². The number of ether oxygens (including phenoxy) is 1. The molecule has 21 heavy (non-hydrogen) atoms. The van der Waals surface area contributed by atoms with Crippen molar-refractivity contribution in [1.29, 1.82) is 0 Å². The zero-order valence-corrected chi connectivity index (χ0v) is 12.3. The zero-order valence-electron chi connectivity index (χ0n) is 12.3. The van der Waals surface area contributed by atoms with Crippen molar-refractivity contribution >= 4 is 5.91 Å². The number of nitrogens with two attached hydrogens (primary N) is 1. The van der Waals surface area contributed by atoms with Gasteiger partial charge in [-0.15, -0.1) is 0 Å². The van der Waals surface area contributed by atoms with Crippen LogP contribution in [0, 0.1) is 0 Å². The molecule has 2 N–H and O–H groups in total. The average Bonchev–Trinajstić information content (AvgIpc) is 2.86. The van der Waals surface area contributed by atoms with Gasteiger partial charge in [-0.3, -0.25) is 4.79 Å². The molecule has 0 radical (unpaired) electrons. The fourth-order valence-electron chi connectivity index (χ4n) is 3.44. The summed E-state index contributed by atoms with van der Waals surface area (Å²) in [6.45, 7) is 0.913. The summed E-state index contributed by atoms with van der Waals surface area (Å²) < 4.78 is 18.6. The highest BCUT2D eigenvalue weighted by molar-refractivity contribution is 5.89. The van der Waals surface area contributed by atoms with Crippen LogP contribution in [0.25, 0.3) is 0 Å². The van der Waals surface area contributed by atoms with E-state index in [1.165, 1.54) is 0 Å². The maximum Gasteiger partial charge on any atom is 0.247 e. The second-order valence-corrected chi connectivity index (χ2v) is 5.92. The summed E-state index contributed by atoms with van der Waals surface area (Å²) in [5.41, 5.74) is 7.35. The van der Waals surface area contributed by atoms with Crippen molar-refractivity contribution in [2.24, 2.45) is 5.73 Å². The Kier molecular flexibility index (Phi) is 3.61. The van der Waals surface area contributed by atoms with Crippen LogP contribution in [0.2, 0.25) is 0 Å². The number of carbonyl (C=O) groups is 1. The van der Waals surface area contributed by atoms with Crippen molar-refractivity contribution in [3.8, 4) is 5.75 Å². The first-order valence-electron chi connectivity index (χ1n) is 7.45. The number of hydrogen-bond donors (Lipinski definition) is 1. The van der Waals surface area contributed by atoms with E-state index < -0.39 is 11.7 Å². The van der Waals surface area contributed by atoms with Gasteiger partial charge in [0.1, 0.15) is 17.5 Å². The van der Waals surface area contributed by atoms with Crippen molar-refractivity contribution in [1.82, 2.24) is 4.90 Å². The van der Waals surface area contributed by atoms with Gasteiger partial charge in [-0.05, 0) is 42.9 Å². The van der Waals surface area contributed by atoms with Gasteiger partial charge >= 0.3 is 0 Å². The first kappa shape index (κ1) is 14.3. The lowest BCUT2D eigenvalue weighted by Crippen LogP contribution is -2.53. The van der Waals surface area contributed by atoms with E-state index in [2.05, 4.69) is 0 Å². The van der Waals surface area contributed by atoms with Crippen LogP contribution in [0.1, 0.15) is 30.4 Å². The number of halogens is 1. The molecular formula is C16H21FN2O2. The highest BCUT2D eigenvalue weighted by atomic mass is 19.1. The molecule has 0 spiro atoms. The zero-order chi connectivity index (χ0) is 15.0. The Hall–Kier alpha value is -1.62. The number of fused-ring (bicyclic) bond motifs is 1. The second kappa shape index (κ2) is 5.30. The van der Waals surface area contributed by atoms with Crippen molar-refractivity contribution in [3.63, 3.8) is 0 Å². The highest BCUT2D eigenvalue weighted by Gasteiger charge is 2.45. The van der Waals surface area contributed by atoms with E-state index in [-0.39, 0.29) is 5.91 Å². The van der Waals surface area contributed by atoms with Gasteiger partial charge in [-0.25, -0.2) is 4.39 Å². The Balaban J connectivity index is 1.88. The summed E-state index contributed by atoms with van der Waals surface area (Å²) in [6, 6.07) is 5.67. The van der Waals surface area contributed by atoms with Gasteiger partial charge in [0, 0.05) is 13.1 Å². The van der Waals surface area contributed by atoms with Crippen LogP contribution >= 0.6 is 0 Å². The third-order valence-corrected chi connectivity index (χ3v) is 4.70. The average molecular weight is 292 g/mol. The number of hydrogen-bond acceptors (Lipinski definition) is 3. The Morgan fingerprint density at radius 2 is 2.14 bits per heavy atom. The minimum Gasteiger partial charge on any atom is -0.496 e. The third kappa shape index (κ3) is 2.29. The fraction of sp³-hybridized carbons (Fsp3) is 0.562. The van der Waals surface area contributed by atoms with E-state index in [9.17, 15) is 9.18 Å². The van der Waals surface area contributed by atoms with Crippen LogP contribution in [-0.2, 0) is 16.8 Å². The second-order valence-electron chi connectivity index (χ2n) is 5.92. The number of nitrogens with zero attached hydrogens (tertiary/aromatic N) is 1. The van der Waals surface area contributed by atoms with Crippen LogP contribution in [0.3, 0.4) is 0 Å². The number of carbonyl (C=O) groups excluding carboxylic acids is 1. The molecule has 0 aromatic heterocycles. The summed E-state index contributed by atoms with van der Waals surface area (Å²) in [7, 11) is 1.62. The minimum atomic E-state index is -0.993. The molecule has 114 valence electrons. The Labute approximate surface area is 124 Å². The first-order valence-corrected chi connectivity index (χ1v) is 7.45. The number of rotatable bonds is 2. The molecule has 1 atom stereocenters. The highest BCUT2D eigenvalue weighted by Crippen LogP contribution is 2.41. The largest absolute Gasteiger partial charge is 0.496 e. The molecule has 1 saturated heterocycles. The van der Waals surface area contributed by atoms with Gasteiger partial charge in [-0.1, -0.05) is 12.1 Å². The Morgan fingerprint density at radius 1 is 1.43 bits per heavy atom. The van der Waals surface area contributed by atoms with E-state index in [0.717, 1.165) is 23.3 Å². The molecule has 5 heteroatoms. The monoisotopic (exact) mass is 292 g/mol. The molecular weight excluding hydrogens is 271 g/mol. The maximum absolute atomic E-state index is 13.2. The molecule has 3 rings (SSSR count). The molecule has 1 unspecified atom stereocenters. The molecule has 1 aliphatic heterocycles. The number of alkyl halides is 1. The number of likely N-dealkylation sites (tertiary alicyclic amines) is 1. The van der Waals surface area contributed by atoms with E-state index >= 15 is 0 Å². The summed E-state index contributed by atoms with van der Waals surface area (Å²) in [4.78, 5) is 14.5. The summed E-state index contributed by atoms with van der Waals surface area (Å²) in [5.74, 6) is 0.705. The molecule has 1 amide bonds. The fourth-order valence-corrected chi connectivity index (χ4v) is 3.44. The van der Waals surface area contributed by atoms with Gasteiger partial charge in [0.25, 0.3) is 0 Å². The predicted octanol–water partition coefficient (Wildman–Crippen LogP) is 1.76. The van der Waals surface area contributed by atoms with Crippen molar-refractivity contribution in [3.05, 3.63) is 29.3 Å². The molecule has 1 aromatic rings. The SMILES string of the molecule is COc1cccc2c1CCC2(N)C(=O)N1CCC(F)CC1. The Bertz CT molecular complexity index is 555. The molecule has 1 fully saturated rings. The Morgan fingerprint density at radius 3 is 2.81 bits per heavy atom. The molecule has 0 saturated carbocycles. The minimum absolute atomic E-state index is 0.0820. The van der Waals surface area contributed by atoms with E-state index in [4.69, 9.17) is 10.5 Å². The van der Waals surface area contributed by atoms with E-state index in [0.29, 0.717) is 32.4 Å². The standard InChI is InChI=1S/C16H21FN2O2/c1-21-14-4-2-3-13-12(14)5-8-16(13,18)15(20)19-9-6-11(17)7-10-19/h2-4,11H,5-10,18H2,1H3. The van der Waals surface area contributed by atoms with Gasteiger partial charge in [-0.2, -0.15) is 0 Å². The van der Waals surface area contributed by atoms with E-state index in [1.807, 2.05) is 18.2 Å². The normalized spacial score (nSPS) is 25.8. The van der Waals surface area contributed by atoms with E-state index in [1.54, 1.807) is 12.0 Å². The smallest absolute Gasteiger partial charge is 0.247 e. The van der Waals surface area contributed by atoms with Crippen LogP contribution < -0.4 is 10.5 Å². The first-order chi connectivity index (χ1) is 10.1. The van der Waals surface area contributed by atoms with Crippen LogP contribution in [-0.4, -0.2) is 37.2 Å². The lowest BCUT2D eigenvalue weighted by molar-refractivity contribution is -0.138. The number of amides is 1. The van der Waals surface area contributed by atoms with Crippen LogP contribution in [0.5, 0.6) is 5.75 Å². The van der Waals surface area contributed by atoms with Crippen molar-refractivity contribution < 1.29 is 13.9 Å². The molecule has 0 bridgehead atoms. The van der Waals surface area contributed by atoms with Gasteiger partial charge < -0.3 is 15.4 Å². The molecule has 4 nitrogen and oxygen atoms in total. The van der Waals surface area contributed by atoms with Gasteiger partial charge in [0.05, 0.1) is 7.11 Å². The van der Waals surface area contributed by atoms with Crippen molar-refractivity contribution in [2.75, 3.05) is 20.2 Å². The lowest BCUT2D eigenvalue weighted by Gasteiger charge is -2.35.